The fraction of sp³-hybridized carbons (Fsp3) is 0.200. The molecule has 2 aromatic rings. The first-order valence-corrected chi connectivity index (χ1v) is 8.69. The van der Waals surface area contributed by atoms with Crippen LogP contribution in [0.25, 0.3) is 6.08 Å². The van der Waals surface area contributed by atoms with E-state index in [0.29, 0.717) is 27.6 Å². The molecule has 2 aromatic carbocycles. The number of rotatable bonds is 6. The molecule has 2 rings (SSSR count). The van der Waals surface area contributed by atoms with Gasteiger partial charge in [-0.1, -0.05) is 37.6 Å². The monoisotopic (exact) mass is 399 g/mol. The van der Waals surface area contributed by atoms with Crippen molar-refractivity contribution in [3.8, 4) is 11.8 Å². The number of hydrogen-bond donors (Lipinski definition) is 1. The van der Waals surface area contributed by atoms with Gasteiger partial charge in [0, 0.05) is 17.3 Å². The topological polar surface area (TPSA) is 105 Å². The molecular formula is C20H18ClN3O4. The van der Waals surface area contributed by atoms with Crippen LogP contribution in [0.2, 0.25) is 5.02 Å². The predicted octanol–water partition coefficient (Wildman–Crippen LogP) is 4.93. The van der Waals surface area contributed by atoms with Crippen molar-refractivity contribution in [3.05, 3.63) is 68.2 Å². The predicted molar refractivity (Wildman–Crippen MR) is 107 cm³/mol. The zero-order valence-electron chi connectivity index (χ0n) is 15.5. The third-order valence-electron chi connectivity index (χ3n) is 3.96. The molecule has 28 heavy (non-hydrogen) atoms. The van der Waals surface area contributed by atoms with Gasteiger partial charge >= 0.3 is 0 Å². The van der Waals surface area contributed by atoms with Gasteiger partial charge in [-0.15, -0.1) is 0 Å². The zero-order chi connectivity index (χ0) is 20.8. The molecule has 0 spiro atoms. The van der Waals surface area contributed by atoms with Gasteiger partial charge in [0.25, 0.3) is 11.6 Å². The van der Waals surface area contributed by atoms with Gasteiger partial charge in [-0.3, -0.25) is 14.9 Å². The highest BCUT2D eigenvalue weighted by atomic mass is 35.5. The highest BCUT2D eigenvalue weighted by Gasteiger charge is 2.17. The summed E-state index contributed by atoms with van der Waals surface area (Å²) < 4.78 is 5.05. The Kier molecular flexibility index (Phi) is 6.74. The van der Waals surface area contributed by atoms with Gasteiger partial charge in [-0.05, 0) is 35.8 Å². The molecule has 144 valence electrons. The van der Waals surface area contributed by atoms with Crippen molar-refractivity contribution in [1.82, 2.24) is 0 Å². The van der Waals surface area contributed by atoms with Gasteiger partial charge in [0.05, 0.1) is 17.1 Å². The average molecular weight is 400 g/mol. The minimum Gasteiger partial charge on any atom is -0.495 e. The van der Waals surface area contributed by atoms with Gasteiger partial charge in [0.2, 0.25) is 0 Å². The first kappa shape index (κ1) is 20.9. The molecule has 0 aliphatic heterocycles. The number of nitrogens with one attached hydrogen (secondary N) is 1. The van der Waals surface area contributed by atoms with Crippen LogP contribution in [-0.2, 0) is 4.79 Å². The second kappa shape index (κ2) is 9.02. The molecule has 0 aromatic heterocycles. The molecular weight excluding hydrogens is 382 g/mol. The Morgan fingerprint density at radius 3 is 2.57 bits per heavy atom. The summed E-state index contributed by atoms with van der Waals surface area (Å²) in [5.41, 5.74) is 1.11. The maximum absolute atomic E-state index is 12.4. The number of nitro benzene ring substituents is 1. The molecule has 0 radical (unpaired) electrons. The summed E-state index contributed by atoms with van der Waals surface area (Å²) >= 11 is 6.02. The summed E-state index contributed by atoms with van der Waals surface area (Å²) in [5.74, 6) is -0.232. The third kappa shape index (κ3) is 4.87. The van der Waals surface area contributed by atoms with Crippen molar-refractivity contribution in [2.75, 3.05) is 12.4 Å². The number of nitrogens with zero attached hydrogens (tertiary/aromatic N) is 2. The van der Waals surface area contributed by atoms with Crippen molar-refractivity contribution in [2.24, 2.45) is 0 Å². The maximum Gasteiger partial charge on any atom is 0.273 e. The Hall–Kier alpha value is -3.37. The summed E-state index contributed by atoms with van der Waals surface area (Å²) in [6.07, 6.45) is 1.30. The number of ether oxygens (including phenoxy) is 1. The van der Waals surface area contributed by atoms with E-state index in [-0.39, 0.29) is 17.2 Å². The molecule has 0 fully saturated rings. The van der Waals surface area contributed by atoms with E-state index < -0.39 is 10.8 Å². The molecule has 0 bridgehead atoms. The number of halogens is 1. The van der Waals surface area contributed by atoms with Crippen LogP contribution in [0.3, 0.4) is 0 Å². The van der Waals surface area contributed by atoms with Crippen molar-refractivity contribution in [1.29, 1.82) is 5.26 Å². The first-order valence-electron chi connectivity index (χ1n) is 8.31. The minimum atomic E-state index is -0.653. The van der Waals surface area contributed by atoms with Crippen LogP contribution in [0.15, 0.2) is 42.0 Å². The van der Waals surface area contributed by atoms with Crippen LogP contribution in [0.1, 0.15) is 30.9 Å². The lowest BCUT2D eigenvalue weighted by Crippen LogP contribution is -2.13. The quantitative estimate of drug-likeness (QED) is 0.321. The number of nitriles is 1. The maximum atomic E-state index is 12.4. The number of methoxy groups -OCH3 is 1. The van der Waals surface area contributed by atoms with Crippen LogP contribution < -0.4 is 10.1 Å². The Bertz CT molecular complexity index is 993. The van der Waals surface area contributed by atoms with Gasteiger partial charge < -0.3 is 10.1 Å². The lowest BCUT2D eigenvalue weighted by molar-refractivity contribution is -0.385. The Labute approximate surface area is 167 Å². The van der Waals surface area contributed by atoms with Gasteiger partial charge in [-0.2, -0.15) is 5.26 Å². The molecule has 0 aliphatic rings. The van der Waals surface area contributed by atoms with Crippen molar-refractivity contribution in [3.63, 3.8) is 0 Å². The summed E-state index contributed by atoms with van der Waals surface area (Å²) in [6, 6.07) is 11.1. The number of nitro groups is 1. The highest BCUT2D eigenvalue weighted by molar-refractivity contribution is 6.32. The Morgan fingerprint density at radius 2 is 2.04 bits per heavy atom. The highest BCUT2D eigenvalue weighted by Crippen LogP contribution is 2.29. The van der Waals surface area contributed by atoms with Crippen LogP contribution >= 0.6 is 11.6 Å². The number of carbonyl (C=O) groups excluding carboxylic acids is 1. The van der Waals surface area contributed by atoms with Gasteiger partial charge in [0.1, 0.15) is 17.4 Å². The minimum absolute atomic E-state index is 0.0306. The summed E-state index contributed by atoms with van der Waals surface area (Å²) in [5, 5.41) is 23.5. The van der Waals surface area contributed by atoms with Gasteiger partial charge in [0.15, 0.2) is 0 Å². The molecule has 0 saturated carbocycles. The van der Waals surface area contributed by atoms with E-state index in [1.165, 1.54) is 25.3 Å². The molecule has 7 nitrogen and oxygen atoms in total. The standard InChI is InChI=1S/C20H18ClN3O4/c1-12(2)16-6-4-13(9-18(16)24(26)27)8-14(11-22)20(25)23-15-5-7-19(28-3)17(21)10-15/h4-10,12H,1-3H3,(H,23,25)/b14-8+. The van der Waals surface area contributed by atoms with E-state index in [9.17, 15) is 20.2 Å². The van der Waals surface area contributed by atoms with Crippen molar-refractivity contribution in [2.45, 2.75) is 19.8 Å². The Balaban J connectivity index is 2.31. The average Bonchev–Trinajstić information content (AvgIpc) is 2.65. The molecule has 0 aliphatic carbocycles. The fourth-order valence-electron chi connectivity index (χ4n) is 2.55. The molecule has 8 heteroatoms. The van der Waals surface area contributed by atoms with Crippen LogP contribution in [0.4, 0.5) is 11.4 Å². The first-order chi connectivity index (χ1) is 13.3. The number of hydrogen-bond acceptors (Lipinski definition) is 5. The smallest absolute Gasteiger partial charge is 0.273 e. The fourth-order valence-corrected chi connectivity index (χ4v) is 2.81. The number of carbonyl (C=O) groups is 1. The molecule has 0 atom stereocenters. The van der Waals surface area contributed by atoms with Crippen molar-refractivity contribution < 1.29 is 14.5 Å². The lowest BCUT2D eigenvalue weighted by atomic mass is 9.98. The van der Waals surface area contributed by atoms with E-state index >= 15 is 0 Å². The van der Waals surface area contributed by atoms with Crippen LogP contribution in [0, 0.1) is 21.4 Å². The number of benzene rings is 2. The normalized spacial score (nSPS) is 11.1. The van der Waals surface area contributed by atoms with Crippen LogP contribution in [0.5, 0.6) is 5.75 Å². The largest absolute Gasteiger partial charge is 0.495 e. The zero-order valence-corrected chi connectivity index (χ0v) is 16.3. The second-order valence-electron chi connectivity index (χ2n) is 6.20. The van der Waals surface area contributed by atoms with E-state index in [1.54, 1.807) is 24.3 Å². The molecule has 1 amide bonds. The van der Waals surface area contributed by atoms with Crippen molar-refractivity contribution >= 4 is 35.0 Å². The number of amides is 1. The summed E-state index contributed by atoms with van der Waals surface area (Å²) in [6.45, 7) is 3.71. The third-order valence-corrected chi connectivity index (χ3v) is 4.25. The molecule has 0 unspecified atom stereocenters. The van der Waals surface area contributed by atoms with E-state index in [1.807, 2.05) is 19.9 Å². The van der Waals surface area contributed by atoms with Gasteiger partial charge in [-0.25, -0.2) is 0 Å². The molecule has 1 N–H and O–H groups in total. The lowest BCUT2D eigenvalue weighted by Gasteiger charge is -2.08. The Morgan fingerprint density at radius 1 is 1.32 bits per heavy atom. The SMILES string of the molecule is COc1ccc(NC(=O)/C(C#N)=C/c2ccc(C(C)C)c([N+](=O)[O-])c2)cc1Cl. The second-order valence-corrected chi connectivity index (χ2v) is 6.61. The van der Waals surface area contributed by atoms with E-state index in [4.69, 9.17) is 16.3 Å². The van der Waals surface area contributed by atoms with Crippen LogP contribution in [-0.4, -0.2) is 17.9 Å². The molecule has 0 saturated heterocycles. The summed E-state index contributed by atoms with van der Waals surface area (Å²) in [4.78, 5) is 23.2. The molecule has 0 heterocycles. The van der Waals surface area contributed by atoms with E-state index in [0.717, 1.165) is 0 Å². The summed E-state index contributed by atoms with van der Waals surface area (Å²) in [7, 11) is 1.47. The number of anilines is 1. The van der Waals surface area contributed by atoms with E-state index in [2.05, 4.69) is 5.32 Å².